The summed E-state index contributed by atoms with van der Waals surface area (Å²) in [5.41, 5.74) is 13.9. The minimum Gasteiger partial charge on any atom is -0.308 e. The van der Waals surface area contributed by atoms with Gasteiger partial charge in [-0.05, 0) is 105 Å². The molecule has 0 saturated carbocycles. The highest BCUT2D eigenvalue weighted by atomic mass is 32.1. The highest BCUT2D eigenvalue weighted by Gasteiger charge is 2.23. The summed E-state index contributed by atoms with van der Waals surface area (Å²) in [6.45, 7) is 0. The Labute approximate surface area is 358 Å². The number of nitrogens with zero attached hydrogens (tertiary/aromatic N) is 2. The fourth-order valence-electron chi connectivity index (χ4n) is 9.27. The van der Waals surface area contributed by atoms with Crippen molar-refractivity contribution in [2.24, 2.45) is 0 Å². The van der Waals surface area contributed by atoms with E-state index >= 15 is 0 Å². The third-order valence-electron chi connectivity index (χ3n) is 12.2. The van der Waals surface area contributed by atoms with Gasteiger partial charge in [0.1, 0.15) is 0 Å². The third kappa shape index (κ3) is 6.01. The lowest BCUT2D eigenvalue weighted by Gasteiger charge is -2.30. The average Bonchev–Trinajstić information content (AvgIpc) is 3.88. The van der Waals surface area contributed by atoms with Crippen LogP contribution in [0.5, 0.6) is 0 Å². The second-order valence-corrected chi connectivity index (χ2v) is 16.8. The topological polar surface area (TPSA) is 8.17 Å². The summed E-state index contributed by atoms with van der Waals surface area (Å²) in [4.78, 5) is 2.46. The van der Waals surface area contributed by atoms with Crippen molar-refractivity contribution in [3.63, 3.8) is 0 Å². The van der Waals surface area contributed by atoms with Crippen molar-refractivity contribution in [1.82, 2.24) is 4.57 Å². The van der Waals surface area contributed by atoms with Crippen LogP contribution in [0.4, 0.5) is 17.1 Å². The van der Waals surface area contributed by atoms with Crippen LogP contribution in [0.2, 0.25) is 0 Å². The van der Waals surface area contributed by atoms with Crippen LogP contribution in [0.3, 0.4) is 0 Å². The van der Waals surface area contributed by atoms with Crippen LogP contribution in [-0.2, 0) is 0 Å². The molecular formula is C58H38N2S. The Morgan fingerprint density at radius 2 is 0.852 bits per heavy atom. The average molecular weight is 795 g/mol. The monoisotopic (exact) mass is 794 g/mol. The second kappa shape index (κ2) is 14.5. The number of hydrogen-bond donors (Lipinski definition) is 0. The van der Waals surface area contributed by atoms with Crippen LogP contribution < -0.4 is 4.90 Å². The van der Waals surface area contributed by atoms with Gasteiger partial charge in [-0.2, -0.15) is 0 Å². The molecule has 2 aromatic heterocycles. The van der Waals surface area contributed by atoms with Gasteiger partial charge in [-0.1, -0.05) is 164 Å². The van der Waals surface area contributed by atoms with Crippen molar-refractivity contribution in [2.45, 2.75) is 0 Å². The molecule has 0 spiro atoms. The van der Waals surface area contributed by atoms with E-state index in [1.165, 1.54) is 86.1 Å². The van der Waals surface area contributed by atoms with Gasteiger partial charge in [0.05, 0.1) is 28.1 Å². The Hall–Kier alpha value is -7.72. The van der Waals surface area contributed by atoms with Crippen molar-refractivity contribution < 1.29 is 0 Å². The highest BCUT2D eigenvalue weighted by Crippen LogP contribution is 2.46. The SMILES string of the molecule is c1ccc(N(c2ccc(-c3ccc(-c4ccc5ccccc5c4)cc3)cc2)c2ccccc2-n2c3ccccc3c3ccccc32)c(-c2ccc3sc4ccccc4c3c2)c1. The first-order valence-corrected chi connectivity index (χ1v) is 21.6. The van der Waals surface area contributed by atoms with Crippen LogP contribution in [0.25, 0.3) is 91.8 Å². The molecular weight excluding hydrogens is 757 g/mol. The molecule has 286 valence electrons. The van der Waals surface area contributed by atoms with E-state index in [1.54, 1.807) is 0 Å². The number of aromatic nitrogens is 1. The van der Waals surface area contributed by atoms with E-state index in [4.69, 9.17) is 0 Å². The maximum Gasteiger partial charge on any atom is 0.0702 e. The molecule has 0 atom stereocenters. The predicted octanol–water partition coefficient (Wildman–Crippen LogP) is 16.8. The van der Waals surface area contributed by atoms with Gasteiger partial charge in [-0.3, -0.25) is 0 Å². The highest BCUT2D eigenvalue weighted by molar-refractivity contribution is 7.25. The van der Waals surface area contributed by atoms with Gasteiger partial charge in [0.15, 0.2) is 0 Å². The van der Waals surface area contributed by atoms with Crippen molar-refractivity contribution in [3.8, 4) is 39.1 Å². The summed E-state index contributed by atoms with van der Waals surface area (Å²) in [7, 11) is 0. The number of para-hydroxylation sites is 5. The quantitative estimate of drug-likeness (QED) is 0.156. The van der Waals surface area contributed by atoms with Crippen LogP contribution in [0.15, 0.2) is 231 Å². The summed E-state index contributed by atoms with van der Waals surface area (Å²) in [6, 6.07) is 84.3. The molecule has 3 heteroatoms. The largest absolute Gasteiger partial charge is 0.308 e. The number of anilines is 3. The molecule has 61 heavy (non-hydrogen) atoms. The Kier molecular flexibility index (Phi) is 8.39. The summed E-state index contributed by atoms with van der Waals surface area (Å²) >= 11 is 1.86. The van der Waals surface area contributed by atoms with Gasteiger partial charge < -0.3 is 9.47 Å². The number of thiophene rings is 1. The number of hydrogen-bond acceptors (Lipinski definition) is 2. The molecule has 2 nitrogen and oxygen atoms in total. The fraction of sp³-hybridized carbons (Fsp3) is 0. The maximum absolute atomic E-state index is 2.46. The van der Waals surface area contributed by atoms with E-state index in [1.807, 2.05) is 11.3 Å². The van der Waals surface area contributed by atoms with Gasteiger partial charge in [0.2, 0.25) is 0 Å². The van der Waals surface area contributed by atoms with Crippen LogP contribution in [0.1, 0.15) is 0 Å². The predicted molar refractivity (Wildman–Crippen MR) is 262 cm³/mol. The van der Waals surface area contributed by atoms with Gasteiger partial charge in [-0.25, -0.2) is 0 Å². The zero-order valence-corrected chi connectivity index (χ0v) is 34.1. The van der Waals surface area contributed by atoms with E-state index in [2.05, 4.69) is 240 Å². The third-order valence-corrected chi connectivity index (χ3v) is 13.4. The number of fused-ring (bicyclic) bond motifs is 7. The Bertz CT molecular complexity index is 3540. The van der Waals surface area contributed by atoms with Gasteiger partial charge in [0.25, 0.3) is 0 Å². The van der Waals surface area contributed by atoms with E-state index in [-0.39, 0.29) is 0 Å². The standard InChI is InChI=1S/C58H38N2S/c1-2-14-43-37-44(30-29-39(43)13-1)42-27-25-40(26-28-42)41-31-34-46(35-32-41)59(52-19-7-3-15-47(52)45-33-36-58-51(38-45)50-18-6-12-24-57(50)61-58)55-22-10-11-23-56(55)60-53-20-8-4-16-48(53)49-17-5-9-21-54(49)60/h1-38H. The first kappa shape index (κ1) is 35.2. The minimum absolute atomic E-state index is 1.08. The normalized spacial score (nSPS) is 11.6. The van der Waals surface area contributed by atoms with Crippen molar-refractivity contribution in [3.05, 3.63) is 231 Å². The van der Waals surface area contributed by atoms with E-state index in [0.29, 0.717) is 0 Å². The molecule has 0 fully saturated rings. The van der Waals surface area contributed by atoms with Crippen LogP contribution in [-0.4, -0.2) is 4.57 Å². The molecule has 0 saturated heterocycles. The molecule has 0 N–H and O–H groups in total. The molecule has 12 rings (SSSR count). The summed E-state index contributed by atoms with van der Waals surface area (Å²) < 4.78 is 5.05. The van der Waals surface area contributed by atoms with Crippen molar-refractivity contribution in [2.75, 3.05) is 4.90 Å². The molecule has 0 radical (unpaired) electrons. The maximum atomic E-state index is 2.46. The number of rotatable bonds is 7. The first-order valence-electron chi connectivity index (χ1n) is 20.8. The summed E-state index contributed by atoms with van der Waals surface area (Å²) in [5, 5.41) is 7.59. The minimum atomic E-state index is 1.08. The zero-order valence-electron chi connectivity index (χ0n) is 33.2. The second-order valence-electron chi connectivity index (χ2n) is 15.7. The Morgan fingerprint density at radius 1 is 0.328 bits per heavy atom. The van der Waals surface area contributed by atoms with E-state index < -0.39 is 0 Å². The Morgan fingerprint density at radius 3 is 1.61 bits per heavy atom. The van der Waals surface area contributed by atoms with Gasteiger partial charge in [-0.15, -0.1) is 11.3 Å². The molecule has 0 aliphatic rings. The lowest BCUT2D eigenvalue weighted by atomic mass is 9.97. The smallest absolute Gasteiger partial charge is 0.0702 e. The lowest BCUT2D eigenvalue weighted by molar-refractivity contribution is 1.15. The zero-order chi connectivity index (χ0) is 40.3. The van der Waals surface area contributed by atoms with Crippen molar-refractivity contribution >= 4 is 81.1 Å². The van der Waals surface area contributed by atoms with Crippen LogP contribution in [0, 0.1) is 0 Å². The van der Waals surface area contributed by atoms with Gasteiger partial charge in [0, 0.05) is 42.2 Å². The molecule has 0 aliphatic carbocycles. The van der Waals surface area contributed by atoms with E-state index in [9.17, 15) is 0 Å². The molecule has 2 heterocycles. The van der Waals surface area contributed by atoms with E-state index in [0.717, 1.165) is 22.7 Å². The lowest BCUT2D eigenvalue weighted by Crippen LogP contribution is -2.14. The molecule has 0 unspecified atom stereocenters. The molecule has 0 amide bonds. The van der Waals surface area contributed by atoms with Crippen LogP contribution >= 0.6 is 11.3 Å². The molecule has 12 aromatic rings. The van der Waals surface area contributed by atoms with Gasteiger partial charge >= 0.3 is 0 Å². The Balaban J connectivity index is 1.01. The molecule has 0 aliphatic heterocycles. The fourth-order valence-corrected chi connectivity index (χ4v) is 10.4. The summed E-state index contributed by atoms with van der Waals surface area (Å²) in [5.74, 6) is 0. The summed E-state index contributed by atoms with van der Waals surface area (Å²) in [6.07, 6.45) is 0. The first-order chi connectivity index (χ1) is 30.2. The number of benzene rings is 10. The van der Waals surface area contributed by atoms with Crippen molar-refractivity contribution in [1.29, 1.82) is 0 Å². The molecule has 0 bridgehead atoms. The molecule has 10 aromatic carbocycles.